The van der Waals surface area contributed by atoms with Gasteiger partial charge in [-0.05, 0) is 52.3 Å². The molecule has 4 nitrogen and oxygen atoms in total. The van der Waals surface area contributed by atoms with Gasteiger partial charge in [-0.3, -0.25) is 0 Å². The number of hydrogen-bond acceptors (Lipinski definition) is 4. The van der Waals surface area contributed by atoms with Crippen LogP contribution in [0.3, 0.4) is 0 Å². The third-order valence-corrected chi connectivity index (χ3v) is 3.34. The molecule has 0 saturated carbocycles. The van der Waals surface area contributed by atoms with E-state index in [2.05, 4.69) is 36.5 Å². The smallest absolute Gasteiger partial charge is 0.133 e. The minimum Gasteiger partial charge on any atom is -0.491 e. The van der Waals surface area contributed by atoms with E-state index in [-0.39, 0.29) is 18.2 Å². The zero-order valence-corrected chi connectivity index (χ0v) is 13.4. The molecular formula is C17H24N2O2. The normalized spacial score (nSPS) is 14.2. The SMILES string of the molecule is Cc1cc([C@H](C)N[C@H](C)c2ccc(OC(C)C)cc2)no1. The zero-order valence-electron chi connectivity index (χ0n) is 13.4. The molecule has 0 unspecified atom stereocenters. The second kappa shape index (κ2) is 6.76. The Balaban J connectivity index is 1.98. The molecule has 2 aromatic rings. The van der Waals surface area contributed by atoms with Gasteiger partial charge in [0, 0.05) is 12.1 Å². The third kappa shape index (κ3) is 4.33. The topological polar surface area (TPSA) is 47.3 Å². The average Bonchev–Trinajstić information content (AvgIpc) is 2.85. The second-order valence-electron chi connectivity index (χ2n) is 5.71. The van der Waals surface area contributed by atoms with Gasteiger partial charge < -0.3 is 14.6 Å². The number of aryl methyl sites for hydroxylation is 1. The average molecular weight is 288 g/mol. The number of hydrogen-bond donors (Lipinski definition) is 1. The molecule has 2 atom stereocenters. The molecule has 0 aliphatic rings. The molecular weight excluding hydrogens is 264 g/mol. The summed E-state index contributed by atoms with van der Waals surface area (Å²) in [5, 5.41) is 7.57. The minimum absolute atomic E-state index is 0.143. The van der Waals surface area contributed by atoms with Gasteiger partial charge in [0.15, 0.2) is 0 Å². The highest BCUT2D eigenvalue weighted by Crippen LogP contribution is 2.22. The Labute approximate surface area is 126 Å². The number of nitrogens with zero attached hydrogens (tertiary/aromatic N) is 1. The number of nitrogens with one attached hydrogen (secondary N) is 1. The Morgan fingerprint density at radius 3 is 2.24 bits per heavy atom. The van der Waals surface area contributed by atoms with Crippen molar-refractivity contribution in [3.8, 4) is 5.75 Å². The van der Waals surface area contributed by atoms with E-state index < -0.39 is 0 Å². The highest BCUT2D eigenvalue weighted by atomic mass is 16.5. The Morgan fingerprint density at radius 2 is 1.71 bits per heavy atom. The summed E-state index contributed by atoms with van der Waals surface area (Å²) < 4.78 is 10.8. The summed E-state index contributed by atoms with van der Waals surface area (Å²) in [5.74, 6) is 1.74. The first-order valence-electron chi connectivity index (χ1n) is 7.41. The van der Waals surface area contributed by atoms with Crippen LogP contribution in [0.25, 0.3) is 0 Å². The molecule has 0 amide bonds. The van der Waals surface area contributed by atoms with E-state index in [0.29, 0.717) is 0 Å². The second-order valence-corrected chi connectivity index (χ2v) is 5.71. The van der Waals surface area contributed by atoms with Crippen molar-refractivity contribution in [3.63, 3.8) is 0 Å². The number of aromatic nitrogens is 1. The van der Waals surface area contributed by atoms with E-state index in [0.717, 1.165) is 17.2 Å². The fourth-order valence-corrected chi connectivity index (χ4v) is 2.25. The Bertz CT molecular complexity index is 560. The minimum atomic E-state index is 0.143. The Morgan fingerprint density at radius 1 is 1.05 bits per heavy atom. The standard InChI is InChI=1S/C17H24N2O2/c1-11(2)20-16-8-6-15(7-9-16)13(4)18-14(5)17-10-12(3)21-19-17/h6-11,13-14,18H,1-5H3/t13-,14+/m1/s1. The lowest BCUT2D eigenvalue weighted by Crippen LogP contribution is -2.22. The molecule has 4 heteroatoms. The van der Waals surface area contributed by atoms with Crippen LogP contribution in [0.2, 0.25) is 0 Å². The van der Waals surface area contributed by atoms with Crippen LogP contribution >= 0.6 is 0 Å². The van der Waals surface area contributed by atoms with Gasteiger partial charge in [-0.1, -0.05) is 17.3 Å². The molecule has 21 heavy (non-hydrogen) atoms. The first-order valence-corrected chi connectivity index (χ1v) is 7.41. The summed E-state index contributed by atoms with van der Waals surface area (Å²) in [6.07, 6.45) is 0.196. The van der Waals surface area contributed by atoms with Gasteiger partial charge in [0.1, 0.15) is 17.2 Å². The summed E-state index contributed by atoms with van der Waals surface area (Å²) in [6.45, 7) is 10.2. The molecule has 0 fully saturated rings. The number of ether oxygens (including phenoxy) is 1. The van der Waals surface area contributed by atoms with E-state index >= 15 is 0 Å². The maximum absolute atomic E-state index is 5.66. The summed E-state index contributed by atoms with van der Waals surface area (Å²) in [5.41, 5.74) is 2.15. The van der Waals surface area contributed by atoms with Crippen LogP contribution < -0.4 is 10.1 Å². The van der Waals surface area contributed by atoms with Crippen molar-refractivity contribution in [2.75, 3.05) is 0 Å². The highest BCUT2D eigenvalue weighted by molar-refractivity contribution is 5.29. The van der Waals surface area contributed by atoms with Crippen LogP contribution in [0.15, 0.2) is 34.9 Å². The predicted octanol–water partition coefficient (Wildman–Crippen LogP) is 4.18. The van der Waals surface area contributed by atoms with Gasteiger partial charge in [0.05, 0.1) is 12.1 Å². The maximum atomic E-state index is 5.66. The Hall–Kier alpha value is -1.81. The molecule has 0 bridgehead atoms. The van der Waals surface area contributed by atoms with E-state index in [1.807, 2.05) is 39.0 Å². The van der Waals surface area contributed by atoms with Crippen LogP contribution in [0.4, 0.5) is 0 Å². The van der Waals surface area contributed by atoms with E-state index in [9.17, 15) is 0 Å². The van der Waals surface area contributed by atoms with Crippen molar-refractivity contribution in [2.45, 2.75) is 52.8 Å². The molecule has 114 valence electrons. The van der Waals surface area contributed by atoms with Crippen molar-refractivity contribution in [2.24, 2.45) is 0 Å². The largest absolute Gasteiger partial charge is 0.491 e. The quantitative estimate of drug-likeness (QED) is 0.866. The van der Waals surface area contributed by atoms with Crippen molar-refractivity contribution < 1.29 is 9.26 Å². The van der Waals surface area contributed by atoms with E-state index in [1.54, 1.807) is 0 Å². The van der Waals surface area contributed by atoms with Gasteiger partial charge in [-0.15, -0.1) is 0 Å². The summed E-state index contributed by atoms with van der Waals surface area (Å²) in [6, 6.07) is 10.5. The van der Waals surface area contributed by atoms with Crippen molar-refractivity contribution >= 4 is 0 Å². The molecule has 1 aromatic carbocycles. The molecule has 1 aromatic heterocycles. The van der Waals surface area contributed by atoms with Crippen molar-refractivity contribution in [1.82, 2.24) is 10.5 Å². The molecule has 0 aliphatic heterocycles. The lowest BCUT2D eigenvalue weighted by molar-refractivity contribution is 0.242. The van der Waals surface area contributed by atoms with Crippen molar-refractivity contribution in [1.29, 1.82) is 0 Å². The van der Waals surface area contributed by atoms with Crippen LogP contribution in [-0.2, 0) is 0 Å². The van der Waals surface area contributed by atoms with E-state index in [1.165, 1.54) is 5.56 Å². The fourth-order valence-electron chi connectivity index (χ4n) is 2.25. The lowest BCUT2D eigenvalue weighted by Gasteiger charge is -2.19. The predicted molar refractivity (Wildman–Crippen MR) is 83.4 cm³/mol. The summed E-state index contributed by atoms with van der Waals surface area (Å²) >= 11 is 0. The number of benzene rings is 1. The number of rotatable bonds is 6. The van der Waals surface area contributed by atoms with Crippen molar-refractivity contribution in [3.05, 3.63) is 47.3 Å². The lowest BCUT2D eigenvalue weighted by atomic mass is 10.1. The summed E-state index contributed by atoms with van der Waals surface area (Å²) in [7, 11) is 0. The summed E-state index contributed by atoms with van der Waals surface area (Å²) in [4.78, 5) is 0. The first-order chi connectivity index (χ1) is 9.95. The molecule has 2 rings (SSSR count). The fraction of sp³-hybridized carbons (Fsp3) is 0.471. The van der Waals surface area contributed by atoms with E-state index in [4.69, 9.17) is 9.26 Å². The third-order valence-electron chi connectivity index (χ3n) is 3.34. The van der Waals surface area contributed by atoms with Crippen LogP contribution in [0, 0.1) is 6.92 Å². The molecule has 0 saturated heterocycles. The van der Waals surface area contributed by atoms with Gasteiger partial charge in [-0.2, -0.15) is 0 Å². The molecule has 1 N–H and O–H groups in total. The van der Waals surface area contributed by atoms with Gasteiger partial charge in [0.2, 0.25) is 0 Å². The molecule has 0 aliphatic carbocycles. The Kier molecular flexibility index (Phi) is 5.02. The maximum Gasteiger partial charge on any atom is 0.133 e. The monoisotopic (exact) mass is 288 g/mol. The first kappa shape index (κ1) is 15.6. The van der Waals surface area contributed by atoms with Crippen LogP contribution in [0.5, 0.6) is 5.75 Å². The van der Waals surface area contributed by atoms with Gasteiger partial charge in [0.25, 0.3) is 0 Å². The van der Waals surface area contributed by atoms with Gasteiger partial charge in [-0.25, -0.2) is 0 Å². The van der Waals surface area contributed by atoms with Crippen LogP contribution in [-0.4, -0.2) is 11.3 Å². The molecule has 0 radical (unpaired) electrons. The molecule has 1 heterocycles. The molecule has 0 spiro atoms. The van der Waals surface area contributed by atoms with Gasteiger partial charge >= 0.3 is 0 Å². The van der Waals surface area contributed by atoms with Crippen LogP contribution in [0.1, 0.15) is 56.8 Å². The zero-order chi connectivity index (χ0) is 15.4. The highest BCUT2D eigenvalue weighted by Gasteiger charge is 2.14.